The molecule has 0 aromatic carbocycles. The summed E-state index contributed by atoms with van der Waals surface area (Å²) in [5.74, 6) is 0.128. The van der Waals surface area contributed by atoms with Crippen molar-refractivity contribution in [2.24, 2.45) is 14.1 Å². The highest BCUT2D eigenvalue weighted by atomic mass is 16.2. The summed E-state index contributed by atoms with van der Waals surface area (Å²) >= 11 is 0. The van der Waals surface area contributed by atoms with Crippen molar-refractivity contribution in [3.8, 4) is 0 Å². The van der Waals surface area contributed by atoms with E-state index in [0.717, 1.165) is 4.57 Å². The van der Waals surface area contributed by atoms with E-state index in [1.54, 1.807) is 18.5 Å². The topological polar surface area (TPSA) is 78.9 Å². The van der Waals surface area contributed by atoms with Gasteiger partial charge in [0, 0.05) is 33.5 Å². The molecule has 0 spiro atoms. The van der Waals surface area contributed by atoms with Crippen LogP contribution in [0.15, 0.2) is 15.9 Å². The minimum Gasteiger partial charge on any atom is -0.324 e. The Morgan fingerprint density at radius 3 is 2.58 bits per heavy atom. The third-order valence-corrected chi connectivity index (χ3v) is 3.24. The van der Waals surface area contributed by atoms with E-state index in [-0.39, 0.29) is 11.3 Å². The number of carbonyl (C=O) groups is 1. The van der Waals surface area contributed by atoms with Crippen LogP contribution in [-0.2, 0) is 25.4 Å². The maximum Gasteiger partial charge on any atom is 0.332 e. The Hall–Kier alpha value is -2.18. The number of fused-ring (bicyclic) bond motifs is 1. The molecular weight excluding hydrogens is 248 g/mol. The Kier molecular flexibility index (Phi) is 3.37. The fourth-order valence-electron chi connectivity index (χ4n) is 1.99. The Morgan fingerprint density at radius 2 is 1.95 bits per heavy atom. The Bertz CT molecular complexity index is 751. The number of aryl methyl sites for hydroxylation is 2. The molecule has 0 N–H and O–H groups in total. The molecule has 2 rings (SSSR count). The van der Waals surface area contributed by atoms with Crippen LogP contribution in [0.3, 0.4) is 0 Å². The lowest BCUT2D eigenvalue weighted by Gasteiger charge is -2.05. The zero-order valence-corrected chi connectivity index (χ0v) is 11.2. The number of rotatable bonds is 4. The van der Waals surface area contributed by atoms with Crippen LogP contribution in [0.4, 0.5) is 0 Å². The second-order valence-electron chi connectivity index (χ2n) is 4.46. The highest BCUT2D eigenvalue weighted by Crippen LogP contribution is 2.06. The van der Waals surface area contributed by atoms with Gasteiger partial charge in [-0.1, -0.05) is 6.92 Å². The van der Waals surface area contributed by atoms with E-state index < -0.39 is 5.69 Å². The number of aromatic nitrogens is 4. The predicted molar refractivity (Wildman–Crippen MR) is 70.1 cm³/mol. The average molecular weight is 264 g/mol. The van der Waals surface area contributed by atoms with Gasteiger partial charge in [-0.05, 0) is 0 Å². The van der Waals surface area contributed by atoms with Crippen molar-refractivity contribution in [1.29, 1.82) is 0 Å². The van der Waals surface area contributed by atoms with Gasteiger partial charge in [0.2, 0.25) is 0 Å². The Labute approximate surface area is 109 Å². The molecule has 7 heteroatoms. The lowest BCUT2D eigenvalue weighted by atomic mass is 10.2. The second kappa shape index (κ2) is 4.83. The van der Waals surface area contributed by atoms with Crippen LogP contribution in [-0.4, -0.2) is 24.5 Å². The van der Waals surface area contributed by atoms with E-state index in [0.29, 0.717) is 30.6 Å². The smallest absolute Gasteiger partial charge is 0.324 e. The highest BCUT2D eigenvalue weighted by molar-refractivity contribution is 5.78. The van der Waals surface area contributed by atoms with Crippen LogP contribution >= 0.6 is 0 Å². The number of ketones is 1. The number of imidazole rings is 1. The van der Waals surface area contributed by atoms with E-state index in [4.69, 9.17) is 0 Å². The van der Waals surface area contributed by atoms with Gasteiger partial charge in [-0.3, -0.25) is 18.7 Å². The summed E-state index contributed by atoms with van der Waals surface area (Å²) in [6.45, 7) is 2.20. The van der Waals surface area contributed by atoms with E-state index in [9.17, 15) is 14.4 Å². The first-order valence-electron chi connectivity index (χ1n) is 6.10. The van der Waals surface area contributed by atoms with Crippen molar-refractivity contribution in [2.45, 2.75) is 26.3 Å². The molecule has 0 saturated carbocycles. The Morgan fingerprint density at radius 1 is 1.26 bits per heavy atom. The maximum atomic E-state index is 12.1. The molecule has 0 aliphatic heterocycles. The molecule has 0 aliphatic rings. The zero-order valence-electron chi connectivity index (χ0n) is 11.2. The lowest BCUT2D eigenvalue weighted by molar-refractivity contribution is -0.118. The maximum absolute atomic E-state index is 12.1. The first-order chi connectivity index (χ1) is 8.97. The summed E-state index contributed by atoms with van der Waals surface area (Å²) in [6.07, 6.45) is 2.32. The van der Waals surface area contributed by atoms with Gasteiger partial charge in [0.1, 0.15) is 5.78 Å². The van der Waals surface area contributed by atoms with Gasteiger partial charge in [0.15, 0.2) is 11.2 Å². The molecule has 19 heavy (non-hydrogen) atoms. The molecule has 0 aliphatic carbocycles. The largest absolute Gasteiger partial charge is 0.332 e. The molecular formula is C12H16N4O3. The van der Waals surface area contributed by atoms with Crippen LogP contribution in [0, 0.1) is 0 Å². The summed E-state index contributed by atoms with van der Waals surface area (Å²) in [5.41, 5.74) is -0.0996. The Balaban J connectivity index is 2.57. The van der Waals surface area contributed by atoms with Gasteiger partial charge in [-0.25, -0.2) is 9.78 Å². The van der Waals surface area contributed by atoms with Crippen molar-refractivity contribution in [3.63, 3.8) is 0 Å². The zero-order chi connectivity index (χ0) is 14.2. The van der Waals surface area contributed by atoms with E-state index in [1.165, 1.54) is 17.9 Å². The van der Waals surface area contributed by atoms with Crippen molar-refractivity contribution in [3.05, 3.63) is 27.2 Å². The van der Waals surface area contributed by atoms with E-state index >= 15 is 0 Å². The van der Waals surface area contributed by atoms with E-state index in [2.05, 4.69) is 4.98 Å². The molecule has 0 amide bonds. The lowest BCUT2D eigenvalue weighted by Crippen LogP contribution is -2.37. The van der Waals surface area contributed by atoms with Crippen LogP contribution in [0.25, 0.3) is 11.2 Å². The van der Waals surface area contributed by atoms with Gasteiger partial charge in [0.25, 0.3) is 5.56 Å². The summed E-state index contributed by atoms with van der Waals surface area (Å²) in [4.78, 5) is 39.3. The van der Waals surface area contributed by atoms with Crippen LogP contribution in [0.5, 0.6) is 0 Å². The quantitative estimate of drug-likeness (QED) is 0.766. The van der Waals surface area contributed by atoms with Crippen LogP contribution in [0.1, 0.15) is 19.8 Å². The normalized spacial score (nSPS) is 11.1. The van der Waals surface area contributed by atoms with Gasteiger partial charge in [0.05, 0.1) is 6.33 Å². The minimum absolute atomic E-state index is 0.128. The molecule has 0 fully saturated rings. The molecule has 2 heterocycles. The predicted octanol–water partition coefficient (Wildman–Crippen LogP) is -0.197. The number of nitrogens with zero attached hydrogens (tertiary/aromatic N) is 4. The molecule has 2 aromatic rings. The van der Waals surface area contributed by atoms with Crippen molar-refractivity contribution < 1.29 is 4.79 Å². The molecule has 0 unspecified atom stereocenters. The minimum atomic E-state index is -0.410. The van der Waals surface area contributed by atoms with Crippen LogP contribution in [0.2, 0.25) is 0 Å². The van der Waals surface area contributed by atoms with E-state index in [1.807, 2.05) is 0 Å². The first kappa shape index (κ1) is 13.3. The highest BCUT2D eigenvalue weighted by Gasteiger charge is 2.14. The number of carbonyl (C=O) groups excluding carboxylic acids is 1. The molecule has 0 saturated heterocycles. The summed E-state index contributed by atoms with van der Waals surface area (Å²) in [6, 6.07) is 0. The van der Waals surface area contributed by atoms with Crippen molar-refractivity contribution in [2.75, 3.05) is 0 Å². The number of hydrogen-bond donors (Lipinski definition) is 0. The van der Waals surface area contributed by atoms with Gasteiger partial charge < -0.3 is 4.57 Å². The molecule has 0 radical (unpaired) electrons. The molecule has 0 atom stereocenters. The molecule has 2 aromatic heterocycles. The fourth-order valence-corrected chi connectivity index (χ4v) is 1.99. The van der Waals surface area contributed by atoms with Gasteiger partial charge in [-0.2, -0.15) is 0 Å². The van der Waals surface area contributed by atoms with Crippen molar-refractivity contribution in [1.82, 2.24) is 18.7 Å². The fraction of sp³-hybridized carbons (Fsp3) is 0.500. The van der Waals surface area contributed by atoms with Gasteiger partial charge >= 0.3 is 5.69 Å². The first-order valence-corrected chi connectivity index (χ1v) is 6.10. The molecule has 7 nitrogen and oxygen atoms in total. The summed E-state index contributed by atoms with van der Waals surface area (Å²) in [7, 11) is 3.00. The van der Waals surface area contributed by atoms with Crippen LogP contribution < -0.4 is 11.2 Å². The second-order valence-corrected chi connectivity index (χ2v) is 4.46. The molecule has 102 valence electrons. The van der Waals surface area contributed by atoms with Crippen molar-refractivity contribution >= 4 is 16.9 Å². The number of hydrogen-bond acceptors (Lipinski definition) is 4. The summed E-state index contributed by atoms with van der Waals surface area (Å²) < 4.78 is 4.00. The average Bonchev–Trinajstić information content (AvgIpc) is 2.84. The third-order valence-electron chi connectivity index (χ3n) is 3.24. The summed E-state index contributed by atoms with van der Waals surface area (Å²) in [5, 5.41) is 0. The third kappa shape index (κ3) is 2.11. The monoisotopic (exact) mass is 264 g/mol. The SMILES string of the molecule is CCC(=O)CCn1cnc2c1c(=O)n(C)c(=O)n2C. The standard InChI is InChI=1S/C12H16N4O3/c1-4-8(17)5-6-16-7-13-10-9(16)11(18)15(3)12(19)14(10)2/h7H,4-6H2,1-3H3. The van der Waals surface area contributed by atoms with Gasteiger partial charge in [-0.15, -0.1) is 0 Å². The number of Topliss-reactive ketones (excluding diaryl/α,β-unsaturated/α-hetero) is 1. The molecule has 0 bridgehead atoms.